The molecule has 0 aliphatic heterocycles. The van der Waals surface area contributed by atoms with Gasteiger partial charge in [-0.2, -0.15) is 0 Å². The van der Waals surface area contributed by atoms with Crippen LogP contribution in [-0.2, 0) is 19.6 Å². The van der Waals surface area contributed by atoms with Crippen molar-refractivity contribution in [2.75, 3.05) is 25.5 Å². The molecule has 8 nitrogen and oxygen atoms in total. The SMILES string of the molecule is CC(=O)c1ccc(S(=O)(=O)NCC(=O)N(C)CC(=O)Nc2ccc(C)cc2)cc1. The van der Waals surface area contributed by atoms with Gasteiger partial charge in [0.25, 0.3) is 0 Å². The molecule has 0 heterocycles. The molecule has 0 aliphatic carbocycles. The fourth-order valence-corrected chi connectivity index (χ4v) is 3.36. The van der Waals surface area contributed by atoms with Gasteiger partial charge in [-0.05, 0) is 38.1 Å². The van der Waals surface area contributed by atoms with E-state index in [9.17, 15) is 22.8 Å². The van der Waals surface area contributed by atoms with Crippen LogP contribution in [0.4, 0.5) is 5.69 Å². The number of hydrogen-bond donors (Lipinski definition) is 2. The summed E-state index contributed by atoms with van der Waals surface area (Å²) in [5.74, 6) is -1.14. The Morgan fingerprint density at radius 2 is 1.55 bits per heavy atom. The van der Waals surface area contributed by atoms with Crippen molar-refractivity contribution >= 4 is 33.3 Å². The van der Waals surface area contributed by atoms with E-state index in [1.807, 2.05) is 19.1 Å². The highest BCUT2D eigenvalue weighted by Crippen LogP contribution is 2.11. The van der Waals surface area contributed by atoms with Gasteiger partial charge in [-0.15, -0.1) is 0 Å². The van der Waals surface area contributed by atoms with E-state index in [1.54, 1.807) is 12.1 Å². The first-order chi connectivity index (χ1) is 13.6. The van der Waals surface area contributed by atoms with Gasteiger partial charge in [0, 0.05) is 18.3 Å². The molecule has 2 aromatic rings. The Labute approximate surface area is 170 Å². The van der Waals surface area contributed by atoms with Crippen molar-refractivity contribution in [1.82, 2.24) is 9.62 Å². The van der Waals surface area contributed by atoms with Crippen LogP contribution < -0.4 is 10.0 Å². The molecule has 0 aliphatic rings. The van der Waals surface area contributed by atoms with Crippen molar-refractivity contribution in [1.29, 1.82) is 0 Å². The molecule has 154 valence electrons. The third-order valence-corrected chi connectivity index (χ3v) is 5.54. The lowest BCUT2D eigenvalue weighted by molar-refractivity contribution is -0.132. The molecule has 0 saturated heterocycles. The largest absolute Gasteiger partial charge is 0.335 e. The lowest BCUT2D eigenvalue weighted by Crippen LogP contribution is -2.41. The summed E-state index contributed by atoms with van der Waals surface area (Å²) in [6, 6.07) is 12.6. The number of carbonyl (C=O) groups is 3. The molecule has 0 saturated carbocycles. The standard InChI is InChI=1S/C20H23N3O5S/c1-14-4-8-17(9-5-14)22-19(25)13-23(3)20(26)12-21-29(27,28)18-10-6-16(7-11-18)15(2)24/h4-11,21H,12-13H2,1-3H3,(H,22,25). The van der Waals surface area contributed by atoms with Gasteiger partial charge in [-0.1, -0.05) is 29.8 Å². The number of carbonyl (C=O) groups excluding carboxylic acids is 3. The van der Waals surface area contributed by atoms with Crippen LogP contribution in [0.1, 0.15) is 22.8 Å². The fourth-order valence-electron chi connectivity index (χ4n) is 2.38. The lowest BCUT2D eigenvalue weighted by Gasteiger charge is -2.17. The summed E-state index contributed by atoms with van der Waals surface area (Å²) in [7, 11) is -2.51. The van der Waals surface area contributed by atoms with Crippen molar-refractivity contribution in [3.05, 3.63) is 59.7 Å². The average Bonchev–Trinajstić information content (AvgIpc) is 2.68. The first kappa shape index (κ1) is 22.3. The zero-order valence-corrected chi connectivity index (χ0v) is 17.2. The third kappa shape index (κ3) is 6.51. The number of nitrogens with zero attached hydrogens (tertiary/aromatic N) is 1. The van der Waals surface area contributed by atoms with Crippen LogP contribution in [0.15, 0.2) is 53.4 Å². The summed E-state index contributed by atoms with van der Waals surface area (Å²) < 4.78 is 26.8. The number of likely N-dealkylation sites (N-methyl/N-ethyl adjacent to an activating group) is 1. The number of amides is 2. The van der Waals surface area contributed by atoms with Crippen molar-refractivity contribution in [2.45, 2.75) is 18.7 Å². The van der Waals surface area contributed by atoms with E-state index in [0.717, 1.165) is 10.5 Å². The quantitative estimate of drug-likeness (QED) is 0.633. The maximum absolute atomic E-state index is 12.3. The summed E-state index contributed by atoms with van der Waals surface area (Å²) in [5.41, 5.74) is 2.05. The summed E-state index contributed by atoms with van der Waals surface area (Å²) in [6.45, 7) is 2.59. The number of ketones is 1. The zero-order valence-electron chi connectivity index (χ0n) is 16.4. The van der Waals surface area contributed by atoms with Crippen molar-refractivity contribution < 1.29 is 22.8 Å². The molecule has 2 rings (SSSR count). The molecule has 0 spiro atoms. The predicted octanol–water partition coefficient (Wildman–Crippen LogP) is 1.57. The number of hydrogen-bond acceptors (Lipinski definition) is 5. The minimum absolute atomic E-state index is 0.0601. The molecule has 0 bridgehead atoms. The van der Waals surface area contributed by atoms with E-state index in [0.29, 0.717) is 11.3 Å². The normalized spacial score (nSPS) is 11.0. The van der Waals surface area contributed by atoms with Crippen LogP contribution in [0.2, 0.25) is 0 Å². The van der Waals surface area contributed by atoms with Crippen LogP contribution in [0.5, 0.6) is 0 Å². The fraction of sp³-hybridized carbons (Fsp3) is 0.250. The molecule has 0 atom stereocenters. The maximum Gasteiger partial charge on any atom is 0.243 e. The predicted molar refractivity (Wildman–Crippen MR) is 109 cm³/mol. The zero-order chi connectivity index (χ0) is 21.6. The monoisotopic (exact) mass is 417 g/mol. The summed E-state index contributed by atoms with van der Waals surface area (Å²) in [4.78, 5) is 36.6. The van der Waals surface area contributed by atoms with Gasteiger partial charge >= 0.3 is 0 Å². The smallest absolute Gasteiger partial charge is 0.243 e. The Balaban J connectivity index is 1.88. The second-order valence-corrected chi connectivity index (χ2v) is 8.34. The molecule has 0 radical (unpaired) electrons. The second kappa shape index (κ2) is 9.44. The van der Waals surface area contributed by atoms with E-state index < -0.39 is 28.4 Å². The number of aryl methyl sites for hydroxylation is 1. The van der Waals surface area contributed by atoms with E-state index in [4.69, 9.17) is 0 Å². The van der Waals surface area contributed by atoms with E-state index >= 15 is 0 Å². The Hall–Kier alpha value is -3.04. The minimum Gasteiger partial charge on any atom is -0.335 e. The summed E-state index contributed by atoms with van der Waals surface area (Å²) in [5, 5.41) is 2.67. The molecule has 0 aromatic heterocycles. The van der Waals surface area contributed by atoms with Crippen LogP contribution in [0.3, 0.4) is 0 Å². The first-order valence-corrected chi connectivity index (χ1v) is 10.3. The number of anilines is 1. The van der Waals surface area contributed by atoms with Crippen molar-refractivity contribution in [3.8, 4) is 0 Å². The van der Waals surface area contributed by atoms with E-state index in [-0.39, 0.29) is 17.2 Å². The Morgan fingerprint density at radius 3 is 2.10 bits per heavy atom. The van der Waals surface area contributed by atoms with Gasteiger partial charge in [-0.3, -0.25) is 14.4 Å². The molecular weight excluding hydrogens is 394 g/mol. The first-order valence-electron chi connectivity index (χ1n) is 8.79. The Morgan fingerprint density at radius 1 is 0.966 bits per heavy atom. The van der Waals surface area contributed by atoms with Crippen molar-refractivity contribution in [3.63, 3.8) is 0 Å². The van der Waals surface area contributed by atoms with Crippen molar-refractivity contribution in [2.24, 2.45) is 0 Å². The Bertz CT molecular complexity index is 999. The second-order valence-electron chi connectivity index (χ2n) is 6.57. The molecular formula is C20H23N3O5S. The highest BCUT2D eigenvalue weighted by Gasteiger charge is 2.19. The van der Waals surface area contributed by atoms with Gasteiger partial charge in [0.05, 0.1) is 18.0 Å². The minimum atomic E-state index is -3.92. The van der Waals surface area contributed by atoms with Gasteiger partial charge in [0.1, 0.15) is 0 Å². The molecule has 2 N–H and O–H groups in total. The lowest BCUT2D eigenvalue weighted by atomic mass is 10.2. The number of rotatable bonds is 8. The third-order valence-electron chi connectivity index (χ3n) is 4.13. The van der Waals surface area contributed by atoms with Crippen LogP contribution in [0, 0.1) is 6.92 Å². The van der Waals surface area contributed by atoms with Crippen LogP contribution in [0.25, 0.3) is 0 Å². The van der Waals surface area contributed by atoms with Gasteiger partial charge in [0.2, 0.25) is 21.8 Å². The molecule has 9 heteroatoms. The van der Waals surface area contributed by atoms with E-state index in [2.05, 4.69) is 10.0 Å². The highest BCUT2D eigenvalue weighted by atomic mass is 32.2. The van der Waals surface area contributed by atoms with Crippen LogP contribution >= 0.6 is 0 Å². The molecule has 0 fully saturated rings. The van der Waals surface area contributed by atoms with Crippen LogP contribution in [-0.4, -0.2) is 51.1 Å². The molecule has 2 amide bonds. The van der Waals surface area contributed by atoms with Gasteiger partial charge in [-0.25, -0.2) is 13.1 Å². The number of Topliss-reactive ketones (excluding diaryl/α,β-unsaturated/α-hetero) is 1. The average molecular weight is 417 g/mol. The highest BCUT2D eigenvalue weighted by molar-refractivity contribution is 7.89. The van der Waals surface area contributed by atoms with Gasteiger partial charge < -0.3 is 10.2 Å². The maximum atomic E-state index is 12.3. The van der Waals surface area contributed by atoms with Gasteiger partial charge in [0.15, 0.2) is 5.78 Å². The topological polar surface area (TPSA) is 113 Å². The summed E-state index contributed by atoms with van der Waals surface area (Å²) in [6.07, 6.45) is 0. The van der Waals surface area contributed by atoms with E-state index in [1.165, 1.54) is 38.2 Å². The number of sulfonamides is 1. The molecule has 29 heavy (non-hydrogen) atoms. The number of nitrogens with one attached hydrogen (secondary N) is 2. The summed E-state index contributed by atoms with van der Waals surface area (Å²) >= 11 is 0. The number of benzene rings is 2. The molecule has 2 aromatic carbocycles. The Kier molecular flexibility index (Phi) is 7.24. The molecule has 0 unspecified atom stereocenters.